The average molecular weight is 568 g/mol. The van der Waals surface area contributed by atoms with Gasteiger partial charge in [0.05, 0.1) is 32.4 Å². The van der Waals surface area contributed by atoms with Crippen LogP contribution in [0.15, 0.2) is 108 Å². The Kier molecular flexibility index (Phi) is 7.11. The molecule has 1 aliphatic rings. The van der Waals surface area contributed by atoms with Crippen molar-refractivity contribution in [1.29, 1.82) is 0 Å². The molecule has 40 heavy (non-hydrogen) atoms. The van der Waals surface area contributed by atoms with E-state index < -0.39 is 15.9 Å². The fourth-order valence-electron chi connectivity index (χ4n) is 5.00. The lowest BCUT2D eigenvalue weighted by molar-refractivity contribution is 0.102. The summed E-state index contributed by atoms with van der Waals surface area (Å²) < 4.78 is 27.7. The Balaban J connectivity index is 1.35. The van der Waals surface area contributed by atoms with Gasteiger partial charge in [0.15, 0.2) is 0 Å². The lowest BCUT2D eigenvalue weighted by atomic mass is 10.0. The Morgan fingerprint density at radius 3 is 2.17 bits per heavy atom. The molecule has 4 aromatic carbocycles. The van der Waals surface area contributed by atoms with Crippen molar-refractivity contribution in [3.63, 3.8) is 0 Å². The fourth-order valence-corrected chi connectivity index (χ4v) is 6.71. The number of rotatable bonds is 6. The smallest absolute Gasteiger partial charge is 0.256 e. The number of carbonyl (C=O) groups excluding carboxylic acids is 1. The van der Waals surface area contributed by atoms with Crippen molar-refractivity contribution in [2.75, 3.05) is 18.4 Å². The van der Waals surface area contributed by atoms with Gasteiger partial charge in [0.25, 0.3) is 5.91 Å². The zero-order valence-electron chi connectivity index (χ0n) is 21.5. The minimum atomic E-state index is -3.67. The zero-order valence-corrected chi connectivity index (χ0v) is 23.1. The third-order valence-electron chi connectivity index (χ3n) is 7.14. The molecule has 1 N–H and O–H groups in total. The van der Waals surface area contributed by atoms with Crippen LogP contribution in [0.4, 0.5) is 5.69 Å². The maximum Gasteiger partial charge on any atom is 0.256 e. The van der Waals surface area contributed by atoms with Crippen LogP contribution in [-0.4, -0.2) is 36.7 Å². The Morgan fingerprint density at radius 2 is 1.43 bits per heavy atom. The molecule has 2 heterocycles. The van der Waals surface area contributed by atoms with E-state index >= 15 is 0 Å². The summed E-state index contributed by atoms with van der Waals surface area (Å²) in [6, 6.07) is 31.8. The molecule has 0 unspecified atom stereocenters. The van der Waals surface area contributed by atoms with E-state index in [9.17, 15) is 13.2 Å². The van der Waals surface area contributed by atoms with Crippen LogP contribution in [0.2, 0.25) is 5.02 Å². The molecule has 5 aromatic rings. The van der Waals surface area contributed by atoms with Gasteiger partial charge in [0, 0.05) is 24.0 Å². The number of fused-ring (bicyclic) bond motifs is 1. The number of hydrogen-bond acceptors (Lipinski definition) is 4. The van der Waals surface area contributed by atoms with Gasteiger partial charge >= 0.3 is 0 Å². The Hall–Kier alpha value is -4.04. The number of halogens is 1. The van der Waals surface area contributed by atoms with Gasteiger partial charge in [0.1, 0.15) is 0 Å². The normalized spacial score (nSPS) is 13.9. The van der Waals surface area contributed by atoms with Crippen molar-refractivity contribution in [1.82, 2.24) is 9.29 Å². The molecule has 0 saturated carbocycles. The molecule has 0 spiro atoms. The first-order valence-corrected chi connectivity index (χ1v) is 14.9. The average Bonchev–Trinajstić information content (AvgIpc) is 3.54. The third-order valence-corrected chi connectivity index (χ3v) is 9.36. The van der Waals surface area contributed by atoms with Gasteiger partial charge in [-0.1, -0.05) is 84.4 Å². The van der Waals surface area contributed by atoms with E-state index in [4.69, 9.17) is 16.6 Å². The molecule has 1 saturated heterocycles. The van der Waals surface area contributed by atoms with E-state index in [0.29, 0.717) is 35.2 Å². The molecular weight excluding hydrogens is 542 g/mol. The maximum absolute atomic E-state index is 13.7. The highest BCUT2D eigenvalue weighted by Crippen LogP contribution is 2.31. The third kappa shape index (κ3) is 5.11. The molecule has 0 bridgehead atoms. The first-order chi connectivity index (χ1) is 19.4. The quantitative estimate of drug-likeness (QED) is 0.234. The highest BCUT2D eigenvalue weighted by atomic mass is 35.5. The number of carbonyl (C=O) groups is 1. The van der Waals surface area contributed by atoms with E-state index in [1.54, 1.807) is 6.07 Å². The van der Waals surface area contributed by atoms with Gasteiger partial charge in [-0.2, -0.15) is 4.31 Å². The van der Waals surface area contributed by atoms with Gasteiger partial charge < -0.3 is 5.32 Å². The molecule has 1 amide bonds. The summed E-state index contributed by atoms with van der Waals surface area (Å²) in [6.07, 6.45) is 1.67. The number of para-hydroxylation sites is 1. The van der Waals surface area contributed by atoms with Crippen molar-refractivity contribution >= 4 is 44.1 Å². The van der Waals surface area contributed by atoms with Gasteiger partial charge in [-0.3, -0.25) is 4.79 Å². The number of nitrogens with one attached hydrogen (secondary N) is 1. The van der Waals surface area contributed by atoms with Crippen molar-refractivity contribution < 1.29 is 13.2 Å². The first-order valence-electron chi connectivity index (χ1n) is 13.1. The number of anilines is 1. The summed E-state index contributed by atoms with van der Waals surface area (Å²) in [4.78, 5) is 18.6. The Labute approximate surface area is 238 Å². The predicted molar refractivity (Wildman–Crippen MR) is 160 cm³/mol. The molecule has 1 fully saturated rings. The lowest BCUT2D eigenvalue weighted by Gasteiger charge is -2.17. The second kappa shape index (κ2) is 10.8. The standard InChI is InChI=1S/C32H26ClN3O3S/c33-28-17-16-25(40(38,39)36-18-6-7-19-36)20-31(28)35-32(37)27-21-30(34-29-11-5-4-10-26(27)29)24-14-12-23(13-15-24)22-8-2-1-3-9-22/h1-5,8-17,20-21H,6-7,18-19H2,(H,35,37). The number of aromatic nitrogens is 1. The fraction of sp³-hybridized carbons (Fsp3) is 0.125. The van der Waals surface area contributed by atoms with E-state index in [1.165, 1.54) is 22.5 Å². The number of pyridine rings is 1. The predicted octanol–water partition coefficient (Wildman–Crippen LogP) is 7.26. The number of amides is 1. The maximum atomic E-state index is 13.7. The van der Waals surface area contributed by atoms with Crippen molar-refractivity contribution in [3.05, 3.63) is 114 Å². The number of sulfonamides is 1. The molecule has 1 aliphatic heterocycles. The molecule has 0 radical (unpaired) electrons. The topological polar surface area (TPSA) is 79.4 Å². The summed E-state index contributed by atoms with van der Waals surface area (Å²) in [5, 5.41) is 3.78. The second-order valence-electron chi connectivity index (χ2n) is 9.72. The highest BCUT2D eigenvalue weighted by Gasteiger charge is 2.28. The summed E-state index contributed by atoms with van der Waals surface area (Å²) >= 11 is 6.41. The van der Waals surface area contributed by atoms with Crippen LogP contribution < -0.4 is 5.32 Å². The van der Waals surface area contributed by atoms with Crippen LogP contribution in [0.1, 0.15) is 23.2 Å². The minimum Gasteiger partial charge on any atom is -0.321 e. The number of benzene rings is 4. The Morgan fingerprint density at radius 1 is 0.775 bits per heavy atom. The molecule has 6 rings (SSSR count). The largest absolute Gasteiger partial charge is 0.321 e. The van der Waals surface area contributed by atoms with Gasteiger partial charge in [-0.15, -0.1) is 0 Å². The van der Waals surface area contributed by atoms with Crippen molar-refractivity contribution in [2.24, 2.45) is 0 Å². The van der Waals surface area contributed by atoms with E-state index in [1.807, 2.05) is 66.7 Å². The van der Waals surface area contributed by atoms with Crippen LogP contribution in [-0.2, 0) is 10.0 Å². The molecule has 0 atom stereocenters. The van der Waals surface area contributed by atoms with Crippen LogP contribution in [0.25, 0.3) is 33.3 Å². The monoisotopic (exact) mass is 567 g/mol. The summed E-state index contributed by atoms with van der Waals surface area (Å²) in [6.45, 7) is 0.982. The van der Waals surface area contributed by atoms with Crippen LogP contribution >= 0.6 is 11.6 Å². The van der Waals surface area contributed by atoms with Crippen LogP contribution in [0.3, 0.4) is 0 Å². The highest BCUT2D eigenvalue weighted by molar-refractivity contribution is 7.89. The van der Waals surface area contributed by atoms with Crippen molar-refractivity contribution in [3.8, 4) is 22.4 Å². The SMILES string of the molecule is O=C(Nc1cc(S(=O)(=O)N2CCCC2)ccc1Cl)c1cc(-c2ccc(-c3ccccc3)cc2)nc2ccccc12. The summed E-state index contributed by atoms with van der Waals surface area (Å²) in [7, 11) is -3.67. The van der Waals surface area contributed by atoms with E-state index in [2.05, 4.69) is 17.4 Å². The van der Waals surface area contributed by atoms with E-state index in [-0.39, 0.29) is 15.6 Å². The lowest BCUT2D eigenvalue weighted by Crippen LogP contribution is -2.28. The number of hydrogen-bond donors (Lipinski definition) is 1. The molecule has 200 valence electrons. The summed E-state index contributed by atoms with van der Waals surface area (Å²) in [5.41, 5.74) is 5.05. The zero-order chi connectivity index (χ0) is 27.7. The summed E-state index contributed by atoms with van der Waals surface area (Å²) in [5.74, 6) is -0.404. The van der Waals surface area contributed by atoms with E-state index in [0.717, 1.165) is 29.5 Å². The first kappa shape index (κ1) is 26.2. The molecular formula is C32H26ClN3O3S. The Bertz CT molecular complexity index is 1820. The van der Waals surface area contributed by atoms with Crippen LogP contribution in [0, 0.1) is 0 Å². The molecule has 8 heteroatoms. The van der Waals surface area contributed by atoms with Crippen molar-refractivity contribution in [2.45, 2.75) is 17.7 Å². The minimum absolute atomic E-state index is 0.105. The number of nitrogens with zero attached hydrogens (tertiary/aromatic N) is 2. The molecule has 6 nitrogen and oxygen atoms in total. The van der Waals surface area contributed by atoms with Gasteiger partial charge in [-0.25, -0.2) is 13.4 Å². The van der Waals surface area contributed by atoms with Gasteiger partial charge in [0.2, 0.25) is 10.0 Å². The van der Waals surface area contributed by atoms with Gasteiger partial charge in [-0.05, 0) is 54.3 Å². The second-order valence-corrected chi connectivity index (χ2v) is 12.1. The van der Waals surface area contributed by atoms with Crippen LogP contribution in [0.5, 0.6) is 0 Å². The molecule has 1 aromatic heterocycles. The molecule has 0 aliphatic carbocycles.